The first kappa shape index (κ1) is 15.1. The number of rotatable bonds is 2. The molecule has 1 saturated heterocycles. The second kappa shape index (κ2) is 5.78. The van der Waals surface area contributed by atoms with Crippen LogP contribution in [0.25, 0.3) is 0 Å². The third-order valence-corrected chi connectivity index (χ3v) is 4.57. The quantitative estimate of drug-likeness (QED) is 0.920. The Labute approximate surface area is 129 Å². The number of aliphatic hydroxyl groups is 1. The lowest BCUT2D eigenvalue weighted by Gasteiger charge is -2.44. The summed E-state index contributed by atoms with van der Waals surface area (Å²) in [6.07, 6.45) is 0.480. The van der Waals surface area contributed by atoms with E-state index in [1.165, 1.54) is 18.2 Å². The van der Waals surface area contributed by atoms with E-state index in [0.717, 1.165) is 0 Å². The molecule has 0 amide bonds. The number of benzene rings is 2. The van der Waals surface area contributed by atoms with Crippen molar-refractivity contribution in [2.45, 2.75) is 17.9 Å². The molecule has 0 aromatic heterocycles. The summed E-state index contributed by atoms with van der Waals surface area (Å²) in [6.45, 7) is 1.26. The summed E-state index contributed by atoms with van der Waals surface area (Å²) in [5, 5.41) is 11.3. The van der Waals surface area contributed by atoms with Gasteiger partial charge in [0.1, 0.15) is 11.6 Å². The van der Waals surface area contributed by atoms with Crippen molar-refractivity contribution in [3.8, 4) is 0 Å². The molecule has 2 atom stereocenters. The summed E-state index contributed by atoms with van der Waals surface area (Å²) in [4.78, 5) is 2.08. The molecular weight excluding hydrogens is 284 g/mol. The zero-order chi connectivity index (χ0) is 15.7. The lowest BCUT2D eigenvalue weighted by atomic mass is 9.72. The largest absolute Gasteiger partial charge is 0.384 e. The maximum atomic E-state index is 14.2. The summed E-state index contributed by atoms with van der Waals surface area (Å²) in [5.41, 5.74) is -0.0568. The van der Waals surface area contributed by atoms with Crippen molar-refractivity contribution in [3.05, 3.63) is 71.3 Å². The molecule has 1 fully saturated rings. The molecule has 2 unspecified atom stereocenters. The Kier molecular flexibility index (Phi) is 3.98. The fourth-order valence-electron chi connectivity index (χ4n) is 3.29. The first-order valence-electron chi connectivity index (χ1n) is 7.42. The van der Waals surface area contributed by atoms with E-state index in [-0.39, 0.29) is 11.6 Å². The van der Waals surface area contributed by atoms with Gasteiger partial charge in [0, 0.05) is 19.0 Å². The van der Waals surface area contributed by atoms with Crippen LogP contribution in [-0.2, 0) is 5.60 Å². The van der Waals surface area contributed by atoms with Crippen LogP contribution in [0, 0.1) is 11.6 Å². The van der Waals surface area contributed by atoms with E-state index in [9.17, 15) is 13.9 Å². The molecule has 1 N–H and O–H groups in total. The van der Waals surface area contributed by atoms with E-state index in [1.807, 2.05) is 7.05 Å². The highest BCUT2D eigenvalue weighted by molar-refractivity contribution is 5.33. The Morgan fingerprint density at radius 1 is 1.09 bits per heavy atom. The summed E-state index contributed by atoms with van der Waals surface area (Å²) in [5.74, 6) is -1.05. The number of hydrogen-bond acceptors (Lipinski definition) is 2. The zero-order valence-corrected chi connectivity index (χ0v) is 12.5. The molecule has 2 aromatic carbocycles. The van der Waals surface area contributed by atoms with Gasteiger partial charge in [0.05, 0.1) is 5.60 Å². The maximum absolute atomic E-state index is 14.2. The first-order valence-corrected chi connectivity index (χ1v) is 7.42. The number of likely N-dealkylation sites (tertiary alicyclic amines) is 1. The van der Waals surface area contributed by atoms with Gasteiger partial charge in [0.25, 0.3) is 0 Å². The molecule has 0 radical (unpaired) electrons. The van der Waals surface area contributed by atoms with E-state index in [1.54, 1.807) is 30.3 Å². The number of nitrogens with zero attached hydrogens (tertiary/aromatic N) is 1. The van der Waals surface area contributed by atoms with Crippen LogP contribution in [-0.4, -0.2) is 30.1 Å². The van der Waals surface area contributed by atoms with E-state index < -0.39 is 11.5 Å². The number of halogens is 2. The molecule has 0 aliphatic carbocycles. The minimum atomic E-state index is -1.19. The molecule has 1 aliphatic rings. The predicted molar refractivity (Wildman–Crippen MR) is 81.6 cm³/mol. The number of piperidine rings is 1. The molecule has 22 heavy (non-hydrogen) atoms. The SMILES string of the molecule is CN1CCC(O)(c2ccc(F)cc2)C(c2ccccc2F)C1. The van der Waals surface area contributed by atoms with Gasteiger partial charge in [-0.3, -0.25) is 0 Å². The van der Waals surface area contributed by atoms with Crippen LogP contribution in [0.1, 0.15) is 23.5 Å². The van der Waals surface area contributed by atoms with Crippen molar-refractivity contribution in [2.24, 2.45) is 0 Å². The van der Waals surface area contributed by atoms with Gasteiger partial charge in [-0.05, 0) is 42.8 Å². The van der Waals surface area contributed by atoms with Crippen molar-refractivity contribution in [2.75, 3.05) is 20.1 Å². The fraction of sp³-hybridized carbons (Fsp3) is 0.333. The standard InChI is InChI=1S/C18H19F2NO/c1-21-11-10-18(22,13-6-8-14(19)9-7-13)16(12-21)15-4-2-3-5-17(15)20/h2-9,16,22H,10-12H2,1H3. The normalized spacial score (nSPS) is 26.1. The van der Waals surface area contributed by atoms with Gasteiger partial charge in [0.15, 0.2) is 0 Å². The highest BCUT2D eigenvalue weighted by Gasteiger charge is 2.43. The molecule has 2 aromatic rings. The third-order valence-electron chi connectivity index (χ3n) is 4.57. The van der Waals surface area contributed by atoms with Crippen LogP contribution in [0.5, 0.6) is 0 Å². The van der Waals surface area contributed by atoms with Crippen molar-refractivity contribution in [1.29, 1.82) is 0 Å². The van der Waals surface area contributed by atoms with Crippen LogP contribution in [0.3, 0.4) is 0 Å². The van der Waals surface area contributed by atoms with Crippen LogP contribution >= 0.6 is 0 Å². The van der Waals surface area contributed by atoms with Crippen molar-refractivity contribution in [3.63, 3.8) is 0 Å². The summed E-state index contributed by atoms with van der Waals surface area (Å²) >= 11 is 0. The second-order valence-corrected chi connectivity index (χ2v) is 6.02. The van der Waals surface area contributed by atoms with Crippen molar-refractivity contribution >= 4 is 0 Å². The molecule has 1 aliphatic heterocycles. The molecule has 116 valence electrons. The van der Waals surface area contributed by atoms with Crippen molar-refractivity contribution < 1.29 is 13.9 Å². The van der Waals surface area contributed by atoms with Gasteiger partial charge in [-0.25, -0.2) is 8.78 Å². The van der Waals surface area contributed by atoms with E-state index in [2.05, 4.69) is 4.90 Å². The van der Waals surface area contributed by atoms with E-state index >= 15 is 0 Å². The molecule has 3 rings (SSSR count). The van der Waals surface area contributed by atoms with Gasteiger partial charge in [-0.1, -0.05) is 30.3 Å². The summed E-state index contributed by atoms with van der Waals surface area (Å²) in [7, 11) is 1.96. The van der Waals surface area contributed by atoms with Gasteiger partial charge in [-0.2, -0.15) is 0 Å². The molecule has 2 nitrogen and oxygen atoms in total. The molecule has 4 heteroatoms. The highest BCUT2D eigenvalue weighted by atomic mass is 19.1. The average Bonchev–Trinajstić information content (AvgIpc) is 2.51. The second-order valence-electron chi connectivity index (χ2n) is 6.02. The Morgan fingerprint density at radius 3 is 2.45 bits per heavy atom. The average molecular weight is 303 g/mol. The smallest absolute Gasteiger partial charge is 0.126 e. The van der Waals surface area contributed by atoms with Gasteiger partial charge >= 0.3 is 0 Å². The van der Waals surface area contributed by atoms with Crippen LogP contribution in [0.2, 0.25) is 0 Å². The minimum Gasteiger partial charge on any atom is -0.384 e. The van der Waals surface area contributed by atoms with Crippen LogP contribution < -0.4 is 0 Å². The first-order chi connectivity index (χ1) is 10.5. The van der Waals surface area contributed by atoms with E-state index in [0.29, 0.717) is 30.6 Å². The van der Waals surface area contributed by atoms with Gasteiger partial charge < -0.3 is 10.0 Å². The lowest BCUT2D eigenvalue weighted by Crippen LogP contribution is -2.47. The Morgan fingerprint density at radius 2 is 1.77 bits per heavy atom. The summed E-state index contributed by atoms with van der Waals surface area (Å²) in [6, 6.07) is 12.4. The predicted octanol–water partition coefficient (Wildman–Crippen LogP) is 3.27. The van der Waals surface area contributed by atoms with Crippen LogP contribution in [0.4, 0.5) is 8.78 Å². The Bertz CT molecular complexity index is 658. The molecular formula is C18H19F2NO. The number of likely N-dealkylation sites (N-methyl/N-ethyl adjacent to an activating group) is 1. The topological polar surface area (TPSA) is 23.5 Å². The van der Waals surface area contributed by atoms with Crippen LogP contribution in [0.15, 0.2) is 48.5 Å². The molecule has 0 spiro atoms. The Balaban J connectivity index is 2.07. The maximum Gasteiger partial charge on any atom is 0.126 e. The minimum absolute atomic E-state index is 0.316. The number of hydrogen-bond donors (Lipinski definition) is 1. The summed E-state index contributed by atoms with van der Waals surface area (Å²) < 4.78 is 27.4. The highest BCUT2D eigenvalue weighted by Crippen LogP contribution is 2.43. The van der Waals surface area contributed by atoms with Gasteiger partial charge in [-0.15, -0.1) is 0 Å². The Hall–Kier alpha value is -1.78. The monoisotopic (exact) mass is 303 g/mol. The molecule has 1 heterocycles. The van der Waals surface area contributed by atoms with Gasteiger partial charge in [0.2, 0.25) is 0 Å². The zero-order valence-electron chi connectivity index (χ0n) is 12.5. The third kappa shape index (κ3) is 2.64. The lowest BCUT2D eigenvalue weighted by molar-refractivity contribution is -0.0428. The molecule has 0 bridgehead atoms. The van der Waals surface area contributed by atoms with E-state index in [4.69, 9.17) is 0 Å². The fourth-order valence-corrected chi connectivity index (χ4v) is 3.29. The molecule has 0 saturated carbocycles. The van der Waals surface area contributed by atoms with Crippen molar-refractivity contribution in [1.82, 2.24) is 4.90 Å².